The van der Waals surface area contributed by atoms with E-state index in [2.05, 4.69) is 0 Å². The molecular weight excluding hydrogens is 448 g/mol. The Morgan fingerprint density at radius 1 is 1.11 bits per heavy atom. The van der Waals surface area contributed by atoms with E-state index in [4.69, 9.17) is 14.5 Å². The number of aliphatic hydroxyl groups is 1. The summed E-state index contributed by atoms with van der Waals surface area (Å²) in [6, 6.07) is 16.0. The van der Waals surface area contributed by atoms with Crippen LogP contribution in [0.15, 0.2) is 59.4 Å². The Kier molecular flexibility index (Phi) is 4.79. The van der Waals surface area contributed by atoms with Crippen molar-refractivity contribution in [3.05, 3.63) is 92.8 Å². The molecule has 0 fully saturated rings. The molecular formula is C27H20N2O6. The van der Waals surface area contributed by atoms with Gasteiger partial charge < -0.3 is 19.1 Å². The number of ketones is 1. The van der Waals surface area contributed by atoms with Crippen LogP contribution in [0.3, 0.4) is 0 Å². The monoisotopic (exact) mass is 468 g/mol. The third kappa shape index (κ3) is 3.25. The van der Waals surface area contributed by atoms with Gasteiger partial charge in [-0.1, -0.05) is 30.3 Å². The number of ether oxygens (including phenoxy) is 2. The summed E-state index contributed by atoms with van der Waals surface area (Å²) in [5.41, 5.74) is 3.41. The van der Waals surface area contributed by atoms with Crippen molar-refractivity contribution in [1.82, 2.24) is 9.55 Å². The molecule has 2 aromatic heterocycles. The number of carbonyl (C=O) groups excluding carboxylic acids is 2. The predicted molar refractivity (Wildman–Crippen MR) is 126 cm³/mol. The summed E-state index contributed by atoms with van der Waals surface area (Å²) in [4.78, 5) is 43.9. The summed E-state index contributed by atoms with van der Waals surface area (Å²) in [6.07, 6.45) is -1.39. The fourth-order valence-corrected chi connectivity index (χ4v) is 4.91. The lowest BCUT2D eigenvalue weighted by atomic mass is 9.93. The maximum Gasteiger partial charge on any atom is 0.309 e. The average Bonchev–Trinajstić information content (AvgIpc) is 3.17. The minimum Gasteiger partial charge on any atom is -0.497 e. The molecule has 2 aliphatic heterocycles. The summed E-state index contributed by atoms with van der Waals surface area (Å²) in [5, 5.41) is 11.2. The Bertz CT molecular complexity index is 1610. The third-order valence-electron chi connectivity index (χ3n) is 6.65. The minimum absolute atomic E-state index is 0.134. The highest BCUT2D eigenvalue weighted by Crippen LogP contribution is 2.39. The number of benzene rings is 2. The molecule has 4 heterocycles. The molecule has 2 aromatic carbocycles. The van der Waals surface area contributed by atoms with E-state index in [1.165, 1.54) is 4.57 Å². The van der Waals surface area contributed by atoms with Crippen LogP contribution in [0.2, 0.25) is 0 Å². The van der Waals surface area contributed by atoms with E-state index in [9.17, 15) is 19.5 Å². The Morgan fingerprint density at radius 3 is 2.69 bits per heavy atom. The predicted octanol–water partition coefficient (Wildman–Crippen LogP) is 3.15. The van der Waals surface area contributed by atoms with Gasteiger partial charge in [-0.15, -0.1) is 0 Å². The Hall–Kier alpha value is -4.30. The van der Waals surface area contributed by atoms with E-state index in [0.29, 0.717) is 50.3 Å². The van der Waals surface area contributed by atoms with Gasteiger partial charge >= 0.3 is 5.97 Å². The van der Waals surface area contributed by atoms with Gasteiger partial charge in [0.1, 0.15) is 12.4 Å². The average molecular weight is 468 g/mol. The van der Waals surface area contributed by atoms with Crippen LogP contribution in [0.25, 0.3) is 22.3 Å². The molecule has 0 radical (unpaired) electrons. The smallest absolute Gasteiger partial charge is 0.309 e. The standard InChI is InChI=1S/C27H20N2O6/c1-34-15-7-8-20-17(9-15)24(26(32)14-5-3-2-4-6-14)18-12-29-21(25(18)28-20)10-16-19(27(29)33)13-35-23(31)11-22(16)30/h2-10,22,30H,11-13H2,1H3. The first-order valence-electron chi connectivity index (χ1n) is 11.2. The number of fused-ring (bicyclic) bond motifs is 5. The SMILES string of the molecule is COc1ccc2nc3c(c(C(=O)c4ccccc4)c2c1)Cn1c-3cc2c(c1=O)COC(=O)CC2O. The molecule has 8 heteroatoms. The molecule has 0 amide bonds. The molecule has 0 saturated carbocycles. The van der Waals surface area contributed by atoms with E-state index in [0.717, 1.165) is 0 Å². The minimum atomic E-state index is -1.15. The van der Waals surface area contributed by atoms with Crippen molar-refractivity contribution in [2.75, 3.05) is 7.11 Å². The zero-order valence-electron chi connectivity index (χ0n) is 18.8. The Balaban J connectivity index is 1.64. The van der Waals surface area contributed by atoms with Gasteiger partial charge in [0.25, 0.3) is 5.56 Å². The second kappa shape index (κ2) is 7.89. The quantitative estimate of drug-likeness (QED) is 0.320. The van der Waals surface area contributed by atoms with Gasteiger partial charge in [-0.2, -0.15) is 0 Å². The molecule has 1 unspecified atom stereocenters. The van der Waals surface area contributed by atoms with Gasteiger partial charge in [-0.3, -0.25) is 14.4 Å². The van der Waals surface area contributed by atoms with Crippen LogP contribution in [0.5, 0.6) is 5.75 Å². The van der Waals surface area contributed by atoms with Crippen LogP contribution in [0, 0.1) is 0 Å². The van der Waals surface area contributed by atoms with Gasteiger partial charge in [0.2, 0.25) is 0 Å². The van der Waals surface area contributed by atoms with Crippen molar-refractivity contribution in [2.45, 2.75) is 25.7 Å². The Labute approximate surface area is 199 Å². The van der Waals surface area contributed by atoms with Crippen LogP contribution >= 0.6 is 0 Å². The molecule has 0 aliphatic carbocycles. The van der Waals surface area contributed by atoms with E-state index < -0.39 is 12.1 Å². The van der Waals surface area contributed by atoms with E-state index in [1.54, 1.807) is 55.6 Å². The maximum absolute atomic E-state index is 13.8. The fourth-order valence-electron chi connectivity index (χ4n) is 4.91. The first kappa shape index (κ1) is 21.2. The zero-order chi connectivity index (χ0) is 24.3. The maximum atomic E-state index is 13.8. The van der Waals surface area contributed by atoms with Crippen LogP contribution in [-0.2, 0) is 22.7 Å². The highest BCUT2D eigenvalue weighted by molar-refractivity contribution is 6.18. The molecule has 1 N–H and O–H groups in total. The molecule has 0 spiro atoms. The molecule has 1 atom stereocenters. The second-order valence-electron chi connectivity index (χ2n) is 8.63. The van der Waals surface area contributed by atoms with Crippen molar-refractivity contribution >= 4 is 22.7 Å². The first-order valence-corrected chi connectivity index (χ1v) is 11.2. The summed E-state index contributed by atoms with van der Waals surface area (Å²) >= 11 is 0. The fraction of sp³-hybridized carbons (Fsp3) is 0.185. The molecule has 0 bridgehead atoms. The van der Waals surface area contributed by atoms with E-state index >= 15 is 0 Å². The zero-order valence-corrected chi connectivity index (χ0v) is 18.8. The van der Waals surface area contributed by atoms with Gasteiger partial charge in [0.05, 0.1) is 48.6 Å². The van der Waals surface area contributed by atoms with Crippen LogP contribution in [0.4, 0.5) is 0 Å². The second-order valence-corrected chi connectivity index (χ2v) is 8.63. The summed E-state index contributed by atoms with van der Waals surface area (Å²) in [6.45, 7) is -0.0715. The summed E-state index contributed by atoms with van der Waals surface area (Å²) in [7, 11) is 1.56. The normalized spacial score (nSPS) is 16.2. The number of aromatic nitrogens is 2. The van der Waals surface area contributed by atoms with Crippen molar-refractivity contribution in [3.8, 4) is 17.1 Å². The molecule has 4 aromatic rings. The highest BCUT2D eigenvalue weighted by atomic mass is 16.5. The summed E-state index contributed by atoms with van der Waals surface area (Å²) in [5.74, 6) is -0.156. The number of methoxy groups -OCH3 is 1. The van der Waals surface area contributed by atoms with Crippen molar-refractivity contribution in [3.63, 3.8) is 0 Å². The van der Waals surface area contributed by atoms with Crippen LogP contribution in [0.1, 0.15) is 45.1 Å². The van der Waals surface area contributed by atoms with Gasteiger partial charge in [0, 0.05) is 22.1 Å². The number of aliphatic hydroxyl groups excluding tert-OH is 1. The van der Waals surface area contributed by atoms with Crippen LogP contribution < -0.4 is 10.3 Å². The van der Waals surface area contributed by atoms with E-state index in [1.807, 2.05) is 6.07 Å². The number of esters is 1. The van der Waals surface area contributed by atoms with Crippen molar-refractivity contribution < 1.29 is 24.2 Å². The lowest BCUT2D eigenvalue weighted by Gasteiger charge is -2.13. The third-order valence-corrected chi connectivity index (χ3v) is 6.65. The van der Waals surface area contributed by atoms with Crippen molar-refractivity contribution in [2.24, 2.45) is 0 Å². The number of cyclic esters (lactones) is 1. The molecule has 6 rings (SSSR count). The largest absolute Gasteiger partial charge is 0.497 e. The number of nitrogens with zero attached hydrogens (tertiary/aromatic N) is 2. The van der Waals surface area contributed by atoms with Gasteiger partial charge in [0.15, 0.2) is 5.78 Å². The number of hydrogen-bond acceptors (Lipinski definition) is 7. The lowest BCUT2D eigenvalue weighted by Crippen LogP contribution is -2.25. The summed E-state index contributed by atoms with van der Waals surface area (Å²) < 4.78 is 12.1. The molecule has 35 heavy (non-hydrogen) atoms. The molecule has 174 valence electrons. The van der Waals surface area contributed by atoms with Gasteiger partial charge in [-0.05, 0) is 29.8 Å². The lowest BCUT2D eigenvalue weighted by molar-refractivity contribution is -0.146. The first-order chi connectivity index (χ1) is 17.0. The topological polar surface area (TPSA) is 108 Å². The van der Waals surface area contributed by atoms with Crippen LogP contribution in [-0.4, -0.2) is 33.5 Å². The number of rotatable bonds is 3. The van der Waals surface area contributed by atoms with E-state index in [-0.39, 0.29) is 36.5 Å². The number of pyridine rings is 2. The number of hydrogen-bond donors (Lipinski definition) is 1. The Morgan fingerprint density at radius 2 is 1.91 bits per heavy atom. The molecule has 0 saturated heterocycles. The van der Waals surface area contributed by atoms with Crippen molar-refractivity contribution in [1.29, 1.82) is 0 Å². The molecule has 2 aliphatic rings. The highest BCUT2D eigenvalue weighted by Gasteiger charge is 2.33. The number of carbonyl (C=O) groups is 2. The molecule has 8 nitrogen and oxygen atoms in total. The van der Waals surface area contributed by atoms with Gasteiger partial charge in [-0.25, -0.2) is 4.98 Å².